The summed E-state index contributed by atoms with van der Waals surface area (Å²) in [7, 11) is 1.57. The Labute approximate surface area is 196 Å². The first-order valence-electron chi connectivity index (χ1n) is 11.2. The van der Waals surface area contributed by atoms with Gasteiger partial charge in [-0.15, -0.1) is 0 Å². The number of aromatic nitrogens is 4. The highest BCUT2D eigenvalue weighted by Crippen LogP contribution is 2.33. The van der Waals surface area contributed by atoms with Gasteiger partial charge in [-0.25, -0.2) is 4.52 Å². The molecule has 10 heteroatoms. The van der Waals surface area contributed by atoms with E-state index in [1.807, 2.05) is 28.0 Å². The number of nitrogens with zero attached hydrogens (tertiary/aromatic N) is 6. The number of hydrogen-bond acceptors (Lipinski definition) is 6. The van der Waals surface area contributed by atoms with Gasteiger partial charge in [0.1, 0.15) is 22.9 Å². The first kappa shape index (κ1) is 21.7. The number of nitrogens with one attached hydrogen (secondary N) is 1. The molecular weight excluding hydrogens is 434 g/mol. The Hall–Kier alpha value is -4.13. The minimum absolute atomic E-state index is 0.0337. The highest BCUT2D eigenvalue weighted by atomic mass is 16.5. The van der Waals surface area contributed by atoms with E-state index in [2.05, 4.69) is 28.2 Å². The lowest BCUT2D eigenvalue weighted by Crippen LogP contribution is -2.49. The Morgan fingerprint density at radius 2 is 2.09 bits per heavy atom. The van der Waals surface area contributed by atoms with Gasteiger partial charge in [-0.05, 0) is 31.4 Å². The van der Waals surface area contributed by atoms with Crippen LogP contribution >= 0.6 is 0 Å². The molecule has 1 saturated carbocycles. The normalized spacial score (nSPS) is 21.6. The maximum absolute atomic E-state index is 12.9. The summed E-state index contributed by atoms with van der Waals surface area (Å²) in [6, 6.07) is 4.17. The molecular formula is C24H25N7O3. The zero-order valence-electron chi connectivity index (χ0n) is 18.8. The second-order valence-corrected chi connectivity index (χ2v) is 8.77. The first-order valence-corrected chi connectivity index (χ1v) is 11.2. The van der Waals surface area contributed by atoms with E-state index in [1.54, 1.807) is 17.8 Å². The van der Waals surface area contributed by atoms with E-state index in [0.29, 0.717) is 42.8 Å². The van der Waals surface area contributed by atoms with E-state index >= 15 is 0 Å². The van der Waals surface area contributed by atoms with Crippen LogP contribution in [0.2, 0.25) is 0 Å². The number of amides is 2. The summed E-state index contributed by atoms with van der Waals surface area (Å²) in [4.78, 5) is 26.2. The summed E-state index contributed by atoms with van der Waals surface area (Å²) < 4.78 is 9.06. The third kappa shape index (κ3) is 3.79. The van der Waals surface area contributed by atoms with Crippen molar-refractivity contribution >= 4 is 17.3 Å². The zero-order chi connectivity index (χ0) is 23.8. The van der Waals surface area contributed by atoms with Crippen molar-refractivity contribution in [1.82, 2.24) is 29.6 Å². The summed E-state index contributed by atoms with van der Waals surface area (Å²) in [6.07, 6.45) is 10.6. The Bertz CT molecular complexity index is 1310. The number of ether oxygens (including phenoxy) is 1. The number of carbonyl (C=O) groups is 2. The Balaban J connectivity index is 1.25. The summed E-state index contributed by atoms with van der Waals surface area (Å²) in [5.41, 5.74) is 2.86. The fourth-order valence-corrected chi connectivity index (χ4v) is 4.78. The van der Waals surface area contributed by atoms with Crippen molar-refractivity contribution < 1.29 is 14.3 Å². The number of likely N-dealkylation sites (tertiary alicyclic amines) is 1. The quantitative estimate of drug-likeness (QED) is 0.563. The van der Waals surface area contributed by atoms with Gasteiger partial charge in [0, 0.05) is 48.6 Å². The molecule has 34 heavy (non-hydrogen) atoms. The van der Waals surface area contributed by atoms with Crippen molar-refractivity contribution in [2.75, 3.05) is 20.2 Å². The van der Waals surface area contributed by atoms with Crippen molar-refractivity contribution in [3.63, 3.8) is 0 Å². The molecule has 2 amide bonds. The molecule has 174 valence electrons. The van der Waals surface area contributed by atoms with Gasteiger partial charge in [0.05, 0.1) is 25.5 Å². The van der Waals surface area contributed by atoms with Gasteiger partial charge in [-0.3, -0.25) is 14.3 Å². The van der Waals surface area contributed by atoms with Crippen LogP contribution in [0.5, 0.6) is 5.75 Å². The van der Waals surface area contributed by atoms with Crippen molar-refractivity contribution in [1.29, 1.82) is 5.26 Å². The fourth-order valence-electron chi connectivity index (χ4n) is 4.78. The van der Waals surface area contributed by atoms with Crippen LogP contribution in [0, 0.1) is 17.2 Å². The van der Waals surface area contributed by atoms with Crippen molar-refractivity contribution in [2.45, 2.75) is 31.3 Å². The van der Waals surface area contributed by atoms with Gasteiger partial charge in [0.25, 0.3) is 0 Å². The molecule has 0 radical (unpaired) electrons. The van der Waals surface area contributed by atoms with Crippen molar-refractivity contribution in [3.05, 3.63) is 49.1 Å². The average Bonchev–Trinajstić information content (AvgIpc) is 3.58. The van der Waals surface area contributed by atoms with Crippen LogP contribution in [0.1, 0.15) is 30.9 Å². The van der Waals surface area contributed by atoms with Gasteiger partial charge in [0.2, 0.25) is 11.8 Å². The summed E-state index contributed by atoms with van der Waals surface area (Å²) in [5, 5.41) is 21.0. The van der Waals surface area contributed by atoms with E-state index in [4.69, 9.17) is 4.74 Å². The van der Waals surface area contributed by atoms with E-state index in [0.717, 1.165) is 17.5 Å². The number of nitriles is 1. The summed E-state index contributed by atoms with van der Waals surface area (Å²) in [5.74, 6) is 0.497. The van der Waals surface area contributed by atoms with Crippen LogP contribution in [-0.4, -0.2) is 62.3 Å². The molecule has 0 unspecified atom stereocenters. The molecule has 4 heterocycles. The third-order valence-corrected chi connectivity index (χ3v) is 6.72. The molecule has 2 aliphatic rings. The second-order valence-electron chi connectivity index (χ2n) is 8.77. The smallest absolute Gasteiger partial charge is 0.243 e. The maximum Gasteiger partial charge on any atom is 0.243 e. The number of rotatable bonds is 6. The number of fused-ring (bicyclic) bond motifs is 1. The lowest BCUT2D eigenvalue weighted by Gasteiger charge is -2.36. The third-order valence-electron chi connectivity index (χ3n) is 6.72. The predicted octanol–water partition coefficient (Wildman–Crippen LogP) is 1.93. The van der Waals surface area contributed by atoms with E-state index in [1.165, 1.54) is 12.3 Å². The van der Waals surface area contributed by atoms with Crippen LogP contribution in [0.4, 0.5) is 0 Å². The molecule has 3 aromatic rings. The van der Waals surface area contributed by atoms with Crippen LogP contribution in [0.25, 0.3) is 16.6 Å². The van der Waals surface area contributed by atoms with Gasteiger partial charge < -0.3 is 15.0 Å². The van der Waals surface area contributed by atoms with Gasteiger partial charge >= 0.3 is 0 Å². The molecule has 1 aliphatic heterocycles. The molecule has 3 aromatic heterocycles. The van der Waals surface area contributed by atoms with Crippen molar-refractivity contribution in [3.8, 4) is 22.9 Å². The maximum atomic E-state index is 12.9. The monoisotopic (exact) mass is 459 g/mol. The van der Waals surface area contributed by atoms with Gasteiger partial charge in [-0.2, -0.15) is 15.5 Å². The molecule has 0 bridgehead atoms. The minimum atomic E-state index is -0.193. The molecule has 1 saturated heterocycles. The number of pyridine rings is 1. The van der Waals surface area contributed by atoms with Crippen LogP contribution in [-0.2, 0) is 9.59 Å². The van der Waals surface area contributed by atoms with Crippen LogP contribution < -0.4 is 10.1 Å². The predicted molar refractivity (Wildman–Crippen MR) is 123 cm³/mol. The minimum Gasteiger partial charge on any atom is -0.494 e. The Kier molecular flexibility index (Phi) is 5.53. The highest BCUT2D eigenvalue weighted by molar-refractivity contribution is 5.87. The number of methoxy groups -OCH3 is 1. The molecule has 0 aromatic carbocycles. The molecule has 2 fully saturated rings. The molecule has 5 rings (SSSR count). The fraction of sp³-hybridized carbons (Fsp3) is 0.375. The van der Waals surface area contributed by atoms with Gasteiger partial charge in [-0.1, -0.05) is 6.58 Å². The topological polar surface area (TPSA) is 118 Å². The molecule has 1 aliphatic carbocycles. The number of carbonyl (C=O) groups excluding carboxylic acids is 2. The number of hydrogen-bond donors (Lipinski definition) is 1. The summed E-state index contributed by atoms with van der Waals surface area (Å²) in [6.45, 7) is 4.77. The zero-order valence-corrected chi connectivity index (χ0v) is 18.8. The van der Waals surface area contributed by atoms with E-state index in [9.17, 15) is 14.9 Å². The highest BCUT2D eigenvalue weighted by Gasteiger charge is 2.39. The van der Waals surface area contributed by atoms with E-state index in [-0.39, 0.29) is 29.8 Å². The Morgan fingerprint density at radius 3 is 2.82 bits per heavy atom. The first-order chi connectivity index (χ1) is 16.5. The van der Waals surface area contributed by atoms with Crippen LogP contribution in [0.3, 0.4) is 0 Å². The van der Waals surface area contributed by atoms with Crippen molar-refractivity contribution in [2.24, 2.45) is 5.92 Å². The molecule has 1 N–H and O–H groups in total. The average molecular weight is 460 g/mol. The lowest BCUT2D eigenvalue weighted by molar-refractivity contribution is -0.138. The molecule has 0 spiro atoms. The Morgan fingerprint density at radius 1 is 1.26 bits per heavy atom. The molecule has 1 atom stereocenters. The summed E-state index contributed by atoms with van der Waals surface area (Å²) >= 11 is 0. The SMILES string of the molecule is C=CC(=O)N[C@H]1C[C@H](C(=O)N2CC[C@@H](n3cc(-c4cc(OC)c5c(C#N)cnn5c4)cn3)C2)C1. The van der Waals surface area contributed by atoms with E-state index < -0.39 is 0 Å². The van der Waals surface area contributed by atoms with Gasteiger partial charge in [0.15, 0.2) is 0 Å². The standard InChI is InChI=1S/C24H25N7O3/c1-3-22(32)28-19-6-15(7-19)24(33)29-5-4-20(14-29)30-13-18(11-26-30)16-8-21(34-2)23-17(9-25)10-27-31(23)12-16/h3,8,10-13,15,19-20H,1,4-7,14H2,2H3,(H,28,32)/t15-,19-,20-/m1/s1. The molecule has 10 nitrogen and oxygen atoms in total. The second kappa shape index (κ2) is 8.67. The lowest BCUT2D eigenvalue weighted by atomic mass is 9.79. The van der Waals surface area contributed by atoms with Crippen LogP contribution in [0.15, 0.2) is 43.5 Å². The largest absolute Gasteiger partial charge is 0.494 e.